The van der Waals surface area contributed by atoms with Gasteiger partial charge in [0, 0.05) is 7.05 Å². The van der Waals surface area contributed by atoms with Gasteiger partial charge < -0.3 is 4.74 Å². The van der Waals surface area contributed by atoms with Gasteiger partial charge in [0.1, 0.15) is 22.9 Å². The Kier molecular flexibility index (Phi) is 5.63. The molecule has 0 atom stereocenters. The van der Waals surface area contributed by atoms with Gasteiger partial charge in [-0.2, -0.15) is 0 Å². The molecule has 0 bridgehead atoms. The highest BCUT2D eigenvalue weighted by atomic mass is 32.2. The molecule has 0 heterocycles. The number of nitrogens with zero attached hydrogens (tertiary/aromatic N) is 1. The fourth-order valence-electron chi connectivity index (χ4n) is 3.20. The predicted molar refractivity (Wildman–Crippen MR) is 117 cm³/mol. The maximum absolute atomic E-state index is 13.7. The molecule has 0 N–H and O–H groups in total. The van der Waals surface area contributed by atoms with E-state index in [4.69, 9.17) is 4.74 Å². The highest BCUT2D eigenvalue weighted by molar-refractivity contribution is 7.92. The molecule has 5 nitrogen and oxygen atoms in total. The first-order valence-electron chi connectivity index (χ1n) is 9.51. The van der Waals surface area contributed by atoms with Gasteiger partial charge in [-0.1, -0.05) is 36.4 Å². The summed E-state index contributed by atoms with van der Waals surface area (Å²) in [7, 11) is -2.44. The van der Waals surface area contributed by atoms with Crippen molar-refractivity contribution in [1.82, 2.24) is 0 Å². The van der Waals surface area contributed by atoms with E-state index in [2.05, 4.69) is 0 Å². The normalized spacial score (nSPS) is 11.3. The lowest BCUT2D eigenvalue weighted by molar-refractivity contribution is 0.0724. The Labute approximate surface area is 183 Å². The highest BCUT2D eigenvalue weighted by Crippen LogP contribution is 2.27. The Morgan fingerprint density at radius 2 is 1.44 bits per heavy atom. The molecule has 0 amide bonds. The van der Waals surface area contributed by atoms with E-state index in [0.29, 0.717) is 5.69 Å². The van der Waals surface area contributed by atoms with E-state index in [-0.39, 0.29) is 10.6 Å². The van der Waals surface area contributed by atoms with E-state index in [1.165, 1.54) is 37.4 Å². The van der Waals surface area contributed by atoms with Crippen molar-refractivity contribution in [2.75, 3.05) is 11.4 Å². The fourth-order valence-corrected chi connectivity index (χ4v) is 4.43. The van der Waals surface area contributed by atoms with E-state index in [1.54, 1.807) is 12.1 Å². The van der Waals surface area contributed by atoms with Crippen LogP contribution < -0.4 is 9.04 Å². The summed E-state index contributed by atoms with van der Waals surface area (Å²) in [6.07, 6.45) is 0. The molecule has 0 saturated carbocycles. The Morgan fingerprint density at radius 1 is 0.812 bits per heavy atom. The number of ether oxygens (including phenoxy) is 1. The maximum atomic E-state index is 13.7. The Balaban J connectivity index is 1.55. The molecule has 0 unspecified atom stereocenters. The number of sulfonamides is 1. The number of hydrogen-bond donors (Lipinski definition) is 0. The van der Waals surface area contributed by atoms with Crippen molar-refractivity contribution in [3.8, 4) is 5.75 Å². The van der Waals surface area contributed by atoms with Crippen LogP contribution in [0.1, 0.15) is 10.4 Å². The quantitative estimate of drug-likeness (QED) is 0.309. The van der Waals surface area contributed by atoms with Crippen LogP contribution in [0.15, 0.2) is 89.8 Å². The Morgan fingerprint density at radius 3 is 2.09 bits per heavy atom. The van der Waals surface area contributed by atoms with Crippen LogP contribution >= 0.6 is 0 Å². The second-order valence-corrected chi connectivity index (χ2v) is 8.93. The summed E-state index contributed by atoms with van der Waals surface area (Å²) < 4.78 is 59.7. The number of hydrogen-bond acceptors (Lipinski definition) is 4. The standard InChI is InChI=1S/C24H17F2NO4S/c1-27(32(29,30)20-14-9-16-5-2-3-6-17(16)15-20)18-10-12-19(13-11-18)31-24(28)23-21(25)7-4-8-22(23)26/h2-15H,1H3. The molecule has 0 aliphatic carbocycles. The van der Waals surface area contributed by atoms with Gasteiger partial charge in [-0.15, -0.1) is 0 Å². The summed E-state index contributed by atoms with van der Waals surface area (Å²) in [6.45, 7) is 0. The molecule has 162 valence electrons. The van der Waals surface area contributed by atoms with Crippen molar-refractivity contribution < 1.29 is 26.7 Å². The van der Waals surface area contributed by atoms with Gasteiger partial charge >= 0.3 is 5.97 Å². The van der Waals surface area contributed by atoms with E-state index in [0.717, 1.165) is 33.3 Å². The lowest BCUT2D eigenvalue weighted by atomic mass is 10.1. The van der Waals surface area contributed by atoms with Crippen molar-refractivity contribution in [2.24, 2.45) is 0 Å². The number of anilines is 1. The predicted octanol–water partition coefficient (Wildman–Crippen LogP) is 5.16. The van der Waals surface area contributed by atoms with Crippen LogP contribution in [0.5, 0.6) is 5.75 Å². The Hall–Kier alpha value is -3.78. The summed E-state index contributed by atoms with van der Waals surface area (Å²) in [5.41, 5.74) is -0.484. The summed E-state index contributed by atoms with van der Waals surface area (Å²) in [6, 6.07) is 20.9. The molecule has 0 aliphatic heterocycles. The Bertz CT molecular complexity index is 1400. The van der Waals surface area contributed by atoms with Crippen molar-refractivity contribution in [3.63, 3.8) is 0 Å². The molecular weight excluding hydrogens is 436 g/mol. The first kappa shape index (κ1) is 21.5. The van der Waals surface area contributed by atoms with Gasteiger partial charge in [-0.3, -0.25) is 4.31 Å². The van der Waals surface area contributed by atoms with Crippen molar-refractivity contribution in [3.05, 3.63) is 102 Å². The third-order valence-electron chi connectivity index (χ3n) is 4.96. The largest absolute Gasteiger partial charge is 0.423 e. The smallest absolute Gasteiger partial charge is 0.349 e. The number of esters is 1. The highest BCUT2D eigenvalue weighted by Gasteiger charge is 2.23. The molecule has 4 rings (SSSR count). The topological polar surface area (TPSA) is 63.7 Å². The first-order chi connectivity index (χ1) is 15.3. The zero-order chi connectivity index (χ0) is 22.9. The van der Waals surface area contributed by atoms with Crippen LogP contribution in [-0.2, 0) is 10.0 Å². The molecule has 0 fully saturated rings. The minimum Gasteiger partial charge on any atom is -0.423 e. The molecular formula is C24H17F2NO4S. The van der Waals surface area contributed by atoms with E-state index < -0.39 is 33.2 Å². The minimum absolute atomic E-state index is 0.0120. The van der Waals surface area contributed by atoms with Gasteiger partial charge in [-0.25, -0.2) is 22.0 Å². The molecule has 0 aromatic heterocycles. The lowest BCUT2D eigenvalue weighted by Gasteiger charge is -2.20. The van der Waals surface area contributed by atoms with Crippen LogP contribution in [0, 0.1) is 11.6 Å². The molecule has 0 aliphatic rings. The zero-order valence-corrected chi connectivity index (χ0v) is 17.6. The third-order valence-corrected chi connectivity index (χ3v) is 6.74. The number of halogens is 2. The minimum atomic E-state index is -3.85. The van der Waals surface area contributed by atoms with Crippen LogP contribution in [0.4, 0.5) is 14.5 Å². The summed E-state index contributed by atoms with van der Waals surface area (Å²) in [5.74, 6) is -3.25. The van der Waals surface area contributed by atoms with Crippen molar-refractivity contribution in [1.29, 1.82) is 0 Å². The average molecular weight is 453 g/mol. The molecule has 0 radical (unpaired) electrons. The number of carbonyl (C=O) groups is 1. The van der Waals surface area contributed by atoms with Crippen molar-refractivity contribution >= 4 is 32.5 Å². The molecule has 4 aromatic rings. The van der Waals surface area contributed by atoms with Gasteiger partial charge in [0.2, 0.25) is 0 Å². The molecule has 4 aromatic carbocycles. The van der Waals surface area contributed by atoms with E-state index in [1.807, 2.05) is 24.3 Å². The lowest BCUT2D eigenvalue weighted by Crippen LogP contribution is -2.26. The van der Waals surface area contributed by atoms with Gasteiger partial charge in [0.25, 0.3) is 10.0 Å². The number of rotatable bonds is 5. The zero-order valence-electron chi connectivity index (χ0n) is 16.8. The second kappa shape index (κ2) is 8.39. The van der Waals surface area contributed by atoms with E-state index in [9.17, 15) is 22.0 Å². The average Bonchev–Trinajstić information content (AvgIpc) is 2.78. The van der Waals surface area contributed by atoms with Crippen LogP contribution in [0.25, 0.3) is 10.8 Å². The fraction of sp³-hybridized carbons (Fsp3) is 0.0417. The molecule has 32 heavy (non-hydrogen) atoms. The monoisotopic (exact) mass is 453 g/mol. The third kappa shape index (κ3) is 4.04. The van der Waals surface area contributed by atoms with Crippen molar-refractivity contribution in [2.45, 2.75) is 4.90 Å². The van der Waals surface area contributed by atoms with Crippen LogP contribution in [0.3, 0.4) is 0 Å². The summed E-state index contributed by atoms with van der Waals surface area (Å²) >= 11 is 0. The molecule has 0 spiro atoms. The van der Waals surface area contributed by atoms with Gasteiger partial charge in [0.15, 0.2) is 0 Å². The number of benzene rings is 4. The number of carbonyl (C=O) groups excluding carboxylic acids is 1. The van der Waals surface area contributed by atoms with Gasteiger partial charge in [-0.05, 0) is 59.3 Å². The first-order valence-corrected chi connectivity index (χ1v) is 11.0. The molecule has 8 heteroatoms. The second-order valence-electron chi connectivity index (χ2n) is 6.96. The van der Waals surface area contributed by atoms with Crippen LogP contribution in [0.2, 0.25) is 0 Å². The summed E-state index contributed by atoms with van der Waals surface area (Å²) in [5, 5.41) is 1.72. The van der Waals surface area contributed by atoms with Crippen LogP contribution in [-0.4, -0.2) is 21.4 Å². The SMILES string of the molecule is CN(c1ccc(OC(=O)c2c(F)cccc2F)cc1)S(=O)(=O)c1ccc2ccccc2c1. The number of fused-ring (bicyclic) bond motifs is 1. The maximum Gasteiger partial charge on any atom is 0.349 e. The summed E-state index contributed by atoms with van der Waals surface area (Å²) in [4.78, 5) is 12.2. The molecule has 0 saturated heterocycles. The van der Waals surface area contributed by atoms with E-state index >= 15 is 0 Å². The van der Waals surface area contributed by atoms with Gasteiger partial charge in [0.05, 0.1) is 10.6 Å².